The summed E-state index contributed by atoms with van der Waals surface area (Å²) >= 11 is 12.1. The van der Waals surface area contributed by atoms with Gasteiger partial charge in [0.2, 0.25) is 0 Å². The second-order valence-corrected chi connectivity index (χ2v) is 6.62. The maximum absolute atomic E-state index is 6.13. The normalized spacial score (nSPS) is 10.9. The number of nitrogens with zero attached hydrogens (tertiary/aromatic N) is 4. The van der Waals surface area contributed by atoms with Crippen molar-refractivity contribution in [2.45, 2.75) is 0 Å². The summed E-state index contributed by atoms with van der Waals surface area (Å²) in [6.07, 6.45) is 3.17. The van der Waals surface area contributed by atoms with Crippen LogP contribution >= 0.6 is 23.2 Å². The number of methoxy groups -OCH3 is 2. The molecule has 2 aromatic heterocycles. The summed E-state index contributed by atoms with van der Waals surface area (Å²) in [6, 6.07) is 10.8. The van der Waals surface area contributed by atoms with Gasteiger partial charge in [-0.25, -0.2) is 14.6 Å². The number of fused-ring (bicyclic) bond motifs is 1. The average molecular weight is 416 g/mol. The van der Waals surface area contributed by atoms with Crippen molar-refractivity contribution in [3.63, 3.8) is 0 Å². The average Bonchev–Trinajstić information content (AvgIpc) is 3.15. The predicted octanol–water partition coefficient (Wildman–Crippen LogP) is 4.88. The van der Waals surface area contributed by atoms with Crippen LogP contribution in [0.5, 0.6) is 11.5 Å². The number of aromatic nitrogens is 4. The molecular weight excluding hydrogens is 401 g/mol. The van der Waals surface area contributed by atoms with Crippen molar-refractivity contribution >= 4 is 45.7 Å². The van der Waals surface area contributed by atoms with Crippen molar-refractivity contribution in [1.29, 1.82) is 0 Å². The number of ether oxygens (including phenoxy) is 2. The van der Waals surface area contributed by atoms with Crippen molar-refractivity contribution in [2.24, 2.45) is 0 Å². The highest BCUT2D eigenvalue weighted by molar-refractivity contribution is 6.42. The number of hydrogen-bond donors (Lipinski definition) is 1. The molecule has 0 unspecified atom stereocenters. The Morgan fingerprint density at radius 2 is 1.75 bits per heavy atom. The summed E-state index contributed by atoms with van der Waals surface area (Å²) in [4.78, 5) is 8.71. The zero-order valence-corrected chi connectivity index (χ0v) is 16.5. The van der Waals surface area contributed by atoms with Crippen molar-refractivity contribution in [3.8, 4) is 17.2 Å². The molecule has 0 aliphatic carbocycles. The molecule has 2 aromatic carbocycles. The van der Waals surface area contributed by atoms with Gasteiger partial charge in [-0.15, -0.1) is 0 Å². The van der Waals surface area contributed by atoms with Crippen LogP contribution in [-0.2, 0) is 0 Å². The van der Waals surface area contributed by atoms with E-state index in [0.29, 0.717) is 33.0 Å². The Morgan fingerprint density at radius 1 is 0.929 bits per heavy atom. The summed E-state index contributed by atoms with van der Waals surface area (Å²) in [6.45, 7) is 0. The summed E-state index contributed by atoms with van der Waals surface area (Å²) in [5.41, 5.74) is 2.18. The first-order chi connectivity index (χ1) is 13.6. The van der Waals surface area contributed by atoms with E-state index in [0.717, 1.165) is 16.8 Å². The topological polar surface area (TPSA) is 74.1 Å². The third kappa shape index (κ3) is 3.30. The van der Waals surface area contributed by atoms with Gasteiger partial charge in [0.15, 0.2) is 17.1 Å². The lowest BCUT2D eigenvalue weighted by atomic mass is 10.2. The molecule has 0 saturated carbocycles. The molecule has 4 aromatic rings. The van der Waals surface area contributed by atoms with Gasteiger partial charge in [-0.2, -0.15) is 5.10 Å². The van der Waals surface area contributed by atoms with Gasteiger partial charge in [-0.1, -0.05) is 23.2 Å². The molecule has 0 amide bonds. The highest BCUT2D eigenvalue weighted by atomic mass is 35.5. The maximum atomic E-state index is 6.13. The summed E-state index contributed by atoms with van der Waals surface area (Å²) in [7, 11) is 3.18. The Kier molecular flexibility index (Phi) is 4.93. The number of nitrogens with one attached hydrogen (secondary N) is 1. The number of hydrogen-bond acceptors (Lipinski definition) is 6. The molecule has 0 aliphatic heterocycles. The lowest BCUT2D eigenvalue weighted by Gasteiger charge is -2.11. The minimum absolute atomic E-state index is 0.445. The monoisotopic (exact) mass is 415 g/mol. The smallest absolute Gasteiger partial charge is 0.168 e. The maximum Gasteiger partial charge on any atom is 0.168 e. The Labute approximate surface area is 170 Å². The zero-order chi connectivity index (χ0) is 19.7. The quantitative estimate of drug-likeness (QED) is 0.500. The molecule has 0 spiro atoms. The van der Waals surface area contributed by atoms with Gasteiger partial charge in [-0.3, -0.25) is 0 Å². The van der Waals surface area contributed by atoms with E-state index < -0.39 is 0 Å². The first-order valence-electron chi connectivity index (χ1n) is 8.24. The lowest BCUT2D eigenvalue weighted by molar-refractivity contribution is 0.355. The molecule has 2 heterocycles. The van der Waals surface area contributed by atoms with Crippen LogP contribution in [0.1, 0.15) is 0 Å². The molecule has 4 rings (SSSR count). The summed E-state index contributed by atoms with van der Waals surface area (Å²) in [5.74, 6) is 1.88. The van der Waals surface area contributed by atoms with E-state index in [9.17, 15) is 0 Å². The fraction of sp³-hybridized carbons (Fsp3) is 0.105. The van der Waals surface area contributed by atoms with E-state index in [4.69, 9.17) is 32.7 Å². The molecule has 0 saturated heterocycles. The highest BCUT2D eigenvalue weighted by Crippen LogP contribution is 2.32. The van der Waals surface area contributed by atoms with Gasteiger partial charge >= 0.3 is 0 Å². The highest BCUT2D eigenvalue weighted by Gasteiger charge is 2.13. The Balaban J connectivity index is 1.73. The lowest BCUT2D eigenvalue weighted by Crippen LogP contribution is -2.00. The largest absolute Gasteiger partial charge is 0.493 e. The Bertz CT molecular complexity index is 1160. The number of anilines is 2. The summed E-state index contributed by atoms with van der Waals surface area (Å²) in [5, 5.41) is 9.38. The van der Waals surface area contributed by atoms with Crippen molar-refractivity contribution in [2.75, 3.05) is 19.5 Å². The first-order valence-corrected chi connectivity index (χ1v) is 8.99. The van der Waals surface area contributed by atoms with Crippen molar-refractivity contribution < 1.29 is 9.47 Å². The van der Waals surface area contributed by atoms with E-state index in [1.165, 1.54) is 6.33 Å². The molecule has 0 aliphatic rings. The number of halogens is 2. The van der Waals surface area contributed by atoms with Gasteiger partial charge in [-0.05, 0) is 30.3 Å². The zero-order valence-electron chi connectivity index (χ0n) is 15.0. The molecule has 0 bridgehead atoms. The molecule has 0 radical (unpaired) electrons. The molecule has 9 heteroatoms. The van der Waals surface area contributed by atoms with Crippen LogP contribution in [0.4, 0.5) is 11.5 Å². The molecule has 0 fully saturated rings. The molecule has 142 valence electrons. The van der Waals surface area contributed by atoms with Crippen LogP contribution in [0.2, 0.25) is 10.0 Å². The standard InChI is InChI=1S/C19H15Cl2N5O2/c1-27-16-6-3-11(7-17(16)28-2)25-18-13-9-24-26(19(13)23-10-22-18)12-4-5-14(20)15(21)8-12/h3-10H,1-2H3,(H,22,23,25). The number of benzene rings is 2. The fourth-order valence-electron chi connectivity index (χ4n) is 2.80. The minimum Gasteiger partial charge on any atom is -0.493 e. The first kappa shape index (κ1) is 18.3. The van der Waals surface area contributed by atoms with Crippen molar-refractivity contribution in [3.05, 3.63) is 59.0 Å². The van der Waals surface area contributed by atoms with Crippen LogP contribution in [0.25, 0.3) is 16.7 Å². The Hall–Kier alpha value is -3.03. The fourth-order valence-corrected chi connectivity index (χ4v) is 3.09. The molecular formula is C19H15Cl2N5O2. The molecule has 28 heavy (non-hydrogen) atoms. The van der Waals surface area contributed by atoms with Gasteiger partial charge in [0.1, 0.15) is 12.1 Å². The second kappa shape index (κ2) is 7.53. The summed E-state index contributed by atoms with van der Waals surface area (Å²) < 4.78 is 12.3. The van der Waals surface area contributed by atoms with E-state index >= 15 is 0 Å². The Morgan fingerprint density at radius 3 is 2.50 bits per heavy atom. The van der Waals surface area contributed by atoms with E-state index in [1.807, 2.05) is 24.3 Å². The van der Waals surface area contributed by atoms with Crippen LogP contribution < -0.4 is 14.8 Å². The van der Waals surface area contributed by atoms with Crippen molar-refractivity contribution in [1.82, 2.24) is 19.7 Å². The van der Waals surface area contributed by atoms with Gasteiger partial charge in [0.25, 0.3) is 0 Å². The van der Waals surface area contributed by atoms with E-state index in [1.54, 1.807) is 37.2 Å². The molecule has 0 atom stereocenters. The molecule has 7 nitrogen and oxygen atoms in total. The van der Waals surface area contributed by atoms with Crippen LogP contribution in [0.3, 0.4) is 0 Å². The predicted molar refractivity (Wildman–Crippen MR) is 110 cm³/mol. The van der Waals surface area contributed by atoms with Gasteiger partial charge < -0.3 is 14.8 Å². The molecule has 1 N–H and O–H groups in total. The van der Waals surface area contributed by atoms with Gasteiger partial charge in [0.05, 0.1) is 41.5 Å². The van der Waals surface area contributed by atoms with E-state index in [-0.39, 0.29) is 0 Å². The van der Waals surface area contributed by atoms with E-state index in [2.05, 4.69) is 20.4 Å². The SMILES string of the molecule is COc1ccc(Nc2ncnc3c2cnn3-c2ccc(Cl)c(Cl)c2)cc1OC. The van der Waals surface area contributed by atoms with Gasteiger partial charge in [0, 0.05) is 11.8 Å². The third-order valence-electron chi connectivity index (χ3n) is 4.16. The third-order valence-corrected chi connectivity index (χ3v) is 4.90. The van der Waals surface area contributed by atoms with Crippen LogP contribution in [0.15, 0.2) is 48.9 Å². The number of rotatable bonds is 5. The second-order valence-electron chi connectivity index (χ2n) is 5.81. The minimum atomic E-state index is 0.445. The van der Waals surface area contributed by atoms with Crippen LogP contribution in [0, 0.1) is 0 Å². The van der Waals surface area contributed by atoms with Crippen LogP contribution in [-0.4, -0.2) is 34.0 Å².